The van der Waals surface area contributed by atoms with E-state index in [1.54, 1.807) is 39.3 Å². The van der Waals surface area contributed by atoms with Gasteiger partial charge in [0.25, 0.3) is 5.92 Å². The van der Waals surface area contributed by atoms with Gasteiger partial charge in [0.2, 0.25) is 5.91 Å². The zero-order valence-corrected chi connectivity index (χ0v) is 25.6. The predicted molar refractivity (Wildman–Crippen MR) is 160 cm³/mol. The highest BCUT2D eigenvalue weighted by Gasteiger charge is 2.46. The minimum Gasteiger partial charge on any atom is -0.501 e. The Bertz CT molecular complexity index is 1050. The Morgan fingerprint density at radius 3 is 2.00 bits per heavy atom. The number of hydrogen-bond acceptors (Lipinski definition) is 4. The van der Waals surface area contributed by atoms with Crippen LogP contribution in [-0.2, 0) is 15.1 Å². The fraction of sp³-hybridized carbons (Fsp3) is 0.469. The number of carbonyl (C=O) groups excluding carboxylic acids is 1. The molecule has 1 saturated carbocycles. The molecule has 1 amide bonds. The molecule has 1 heterocycles. The third-order valence-corrected chi connectivity index (χ3v) is 5.25. The van der Waals surface area contributed by atoms with Crippen LogP contribution in [0.3, 0.4) is 0 Å². The first-order valence-electron chi connectivity index (χ1n) is 13.1. The smallest absolute Gasteiger partial charge is 0.269 e. The molecule has 1 aromatic heterocycles. The molecule has 1 aromatic rings. The van der Waals surface area contributed by atoms with Crippen molar-refractivity contribution in [2.24, 2.45) is 0 Å². The molecule has 0 unspecified atom stereocenters. The maximum atomic E-state index is 13.3. The van der Waals surface area contributed by atoms with Crippen molar-refractivity contribution in [3.05, 3.63) is 70.8 Å². The average Bonchev–Trinajstić information content (AvgIpc) is 3.75. The van der Waals surface area contributed by atoms with Gasteiger partial charge >= 0.3 is 0 Å². The van der Waals surface area contributed by atoms with Gasteiger partial charge in [-0.2, -0.15) is 5.26 Å². The minimum atomic E-state index is -3.08. The molecule has 0 aromatic carbocycles. The minimum absolute atomic E-state index is 0.164. The lowest BCUT2D eigenvalue weighted by atomic mass is 10.0. The van der Waals surface area contributed by atoms with Crippen LogP contribution in [0.4, 0.5) is 8.78 Å². The fourth-order valence-corrected chi connectivity index (χ4v) is 2.91. The maximum absolute atomic E-state index is 13.3. The van der Waals surface area contributed by atoms with Crippen molar-refractivity contribution in [3.63, 3.8) is 0 Å². The first-order valence-corrected chi connectivity index (χ1v) is 13.1. The van der Waals surface area contributed by atoms with Gasteiger partial charge in [0.15, 0.2) is 0 Å². The van der Waals surface area contributed by atoms with Crippen molar-refractivity contribution in [2.75, 3.05) is 7.11 Å². The number of hydrogen-bond donors (Lipinski definition) is 1. The zero-order chi connectivity index (χ0) is 31.4. The fourth-order valence-electron chi connectivity index (χ4n) is 2.91. The topological polar surface area (TPSA) is 75.0 Å². The second-order valence-corrected chi connectivity index (χ2v) is 7.82. The summed E-state index contributed by atoms with van der Waals surface area (Å²) in [5.74, 6) is -2.87. The Labute approximate surface area is 235 Å². The van der Waals surface area contributed by atoms with Crippen LogP contribution in [0.25, 0.3) is 5.57 Å². The molecule has 1 N–H and O–H groups in total. The predicted octanol–water partition coefficient (Wildman–Crippen LogP) is 8.52. The molecule has 39 heavy (non-hydrogen) atoms. The van der Waals surface area contributed by atoms with Crippen molar-refractivity contribution in [2.45, 2.75) is 93.5 Å². The summed E-state index contributed by atoms with van der Waals surface area (Å²) in [5.41, 5.74) is 1.76. The SMILES string of the molecule is C#C.C=C(/C=C(\C)C(=O)NC1(c2ccc(C(/C=C(\C)OC)=C(/C)C#N)nc2)CC1)C(C)(F)F.CC.CC.CC. The molecular weight excluding hydrogens is 496 g/mol. The molecule has 0 saturated heterocycles. The number of rotatable bonds is 8. The zero-order valence-electron chi connectivity index (χ0n) is 25.6. The van der Waals surface area contributed by atoms with Gasteiger partial charge in [-0.1, -0.05) is 54.2 Å². The summed E-state index contributed by atoms with van der Waals surface area (Å²) < 4.78 is 31.8. The van der Waals surface area contributed by atoms with Crippen LogP contribution < -0.4 is 5.32 Å². The first kappa shape index (κ1) is 39.8. The van der Waals surface area contributed by atoms with Gasteiger partial charge in [-0.25, -0.2) is 8.78 Å². The molecule has 1 aliphatic carbocycles. The third kappa shape index (κ3) is 13.1. The number of ether oxygens (including phenoxy) is 1. The molecule has 0 radical (unpaired) electrons. The van der Waals surface area contributed by atoms with E-state index in [0.29, 0.717) is 22.6 Å². The summed E-state index contributed by atoms with van der Waals surface area (Å²) in [6.07, 6.45) is 14.0. The van der Waals surface area contributed by atoms with Crippen LogP contribution in [0.1, 0.15) is 93.3 Å². The summed E-state index contributed by atoms with van der Waals surface area (Å²) in [4.78, 5) is 17.0. The summed E-state index contributed by atoms with van der Waals surface area (Å²) in [5, 5.41) is 12.2. The van der Waals surface area contributed by atoms with E-state index in [-0.39, 0.29) is 5.57 Å². The van der Waals surface area contributed by atoms with E-state index in [4.69, 9.17) is 4.74 Å². The number of alkyl halides is 2. The molecule has 0 bridgehead atoms. The first-order chi connectivity index (χ1) is 18.4. The standard InChI is InChI=1S/C24H27F2N3O2.3C2H6.C2H2/c1-15(11-17(3)23(5,25)26)22(30)29-24(9-10-24)19-7-8-21(28-14-19)20(16(2)13-27)12-18(4)31-6;4*1-2/h7-8,11-12,14H,3,9-10H2,1-2,4-6H3,(H,29,30);3*1-2H3;1-2H/b15-11+,18-12+,20-16-;;;;. The van der Waals surface area contributed by atoms with E-state index in [1.807, 2.05) is 47.6 Å². The number of terminal acetylenes is 1. The van der Waals surface area contributed by atoms with Crippen molar-refractivity contribution in [1.29, 1.82) is 5.26 Å². The molecule has 0 atom stereocenters. The molecule has 216 valence electrons. The van der Waals surface area contributed by atoms with Crippen molar-refractivity contribution >= 4 is 11.5 Å². The number of aromatic nitrogens is 1. The van der Waals surface area contributed by atoms with Gasteiger partial charge in [0, 0.05) is 35.4 Å². The second kappa shape index (κ2) is 20.3. The molecule has 7 heteroatoms. The van der Waals surface area contributed by atoms with Crippen LogP contribution in [0.2, 0.25) is 0 Å². The van der Waals surface area contributed by atoms with E-state index >= 15 is 0 Å². The maximum Gasteiger partial charge on any atom is 0.269 e. The third-order valence-electron chi connectivity index (χ3n) is 5.25. The van der Waals surface area contributed by atoms with Gasteiger partial charge in [-0.3, -0.25) is 9.78 Å². The molecule has 1 fully saturated rings. The quantitative estimate of drug-likeness (QED) is 0.117. The van der Waals surface area contributed by atoms with E-state index < -0.39 is 22.9 Å². The van der Waals surface area contributed by atoms with Gasteiger partial charge in [0.1, 0.15) is 0 Å². The molecule has 1 aliphatic rings. The summed E-state index contributed by atoms with van der Waals surface area (Å²) in [6.45, 7) is 21.0. The summed E-state index contributed by atoms with van der Waals surface area (Å²) in [6, 6.07) is 5.78. The monoisotopic (exact) mass is 543 g/mol. The number of nitrogens with one attached hydrogen (secondary N) is 1. The number of allylic oxidation sites excluding steroid dienone is 6. The lowest BCUT2D eigenvalue weighted by Gasteiger charge is -2.19. The number of nitriles is 1. The Morgan fingerprint density at radius 1 is 1.13 bits per heavy atom. The molecule has 0 aliphatic heterocycles. The molecule has 2 rings (SSSR count). The number of carbonyl (C=O) groups is 1. The Hall–Kier alpha value is -3.71. The second-order valence-electron chi connectivity index (χ2n) is 7.82. The molecule has 5 nitrogen and oxygen atoms in total. The molecule has 0 spiro atoms. The van der Waals surface area contributed by atoms with E-state index in [0.717, 1.165) is 31.4 Å². The Balaban J connectivity index is -0.00000148. The number of methoxy groups -OCH3 is 1. The van der Waals surface area contributed by atoms with Crippen molar-refractivity contribution < 1.29 is 18.3 Å². The summed E-state index contributed by atoms with van der Waals surface area (Å²) >= 11 is 0. The number of halogens is 2. The summed E-state index contributed by atoms with van der Waals surface area (Å²) in [7, 11) is 1.55. The average molecular weight is 544 g/mol. The lowest BCUT2D eigenvalue weighted by molar-refractivity contribution is -0.118. The lowest BCUT2D eigenvalue weighted by Crippen LogP contribution is -2.35. The highest BCUT2D eigenvalue weighted by Crippen LogP contribution is 2.45. The van der Waals surface area contributed by atoms with E-state index in [9.17, 15) is 18.8 Å². The van der Waals surface area contributed by atoms with Crippen LogP contribution in [0, 0.1) is 24.2 Å². The largest absolute Gasteiger partial charge is 0.501 e. The van der Waals surface area contributed by atoms with E-state index in [1.165, 1.54) is 6.92 Å². The number of nitrogens with zero attached hydrogens (tertiary/aromatic N) is 2. The van der Waals surface area contributed by atoms with Crippen LogP contribution >= 0.6 is 0 Å². The van der Waals surface area contributed by atoms with Crippen LogP contribution in [0.5, 0.6) is 0 Å². The molecular formula is C32H47F2N3O2. The number of pyridine rings is 1. The van der Waals surface area contributed by atoms with Crippen molar-refractivity contribution in [3.8, 4) is 18.9 Å². The van der Waals surface area contributed by atoms with Crippen LogP contribution in [0.15, 0.2) is 59.5 Å². The van der Waals surface area contributed by atoms with Gasteiger partial charge in [0.05, 0.1) is 30.2 Å². The van der Waals surface area contributed by atoms with Crippen LogP contribution in [-0.4, -0.2) is 23.9 Å². The Kier molecular flexibility index (Phi) is 20.7. The van der Waals surface area contributed by atoms with Crippen molar-refractivity contribution in [1.82, 2.24) is 10.3 Å². The number of amides is 1. The highest BCUT2D eigenvalue weighted by atomic mass is 19.3. The van der Waals surface area contributed by atoms with Gasteiger partial charge < -0.3 is 10.1 Å². The van der Waals surface area contributed by atoms with E-state index in [2.05, 4.69) is 35.8 Å². The normalized spacial score (nSPS) is 13.8. The van der Waals surface area contributed by atoms with Gasteiger partial charge in [-0.15, -0.1) is 12.8 Å². The highest BCUT2D eigenvalue weighted by molar-refractivity contribution is 5.94. The van der Waals surface area contributed by atoms with Gasteiger partial charge in [-0.05, 0) is 57.4 Å². The Morgan fingerprint density at radius 2 is 1.64 bits per heavy atom.